The molecular formula is C25H23N9O. The minimum absolute atomic E-state index is 0.0666. The number of carbonyl (C=O) groups excluding carboxylic acids is 1. The van der Waals surface area contributed by atoms with Crippen molar-refractivity contribution in [3.63, 3.8) is 0 Å². The molecule has 174 valence electrons. The smallest absolute Gasteiger partial charge is 0.247 e. The number of para-hydroxylation sites is 1. The Labute approximate surface area is 201 Å². The number of aromatic nitrogens is 7. The van der Waals surface area contributed by atoms with E-state index in [4.69, 9.17) is 4.98 Å². The zero-order chi connectivity index (χ0) is 23.6. The fourth-order valence-corrected chi connectivity index (χ4v) is 4.49. The van der Waals surface area contributed by atoms with Crippen LogP contribution in [0.4, 0.5) is 11.5 Å². The highest BCUT2D eigenvalue weighted by Gasteiger charge is 2.30. The third-order valence-electron chi connectivity index (χ3n) is 6.21. The fourth-order valence-electron chi connectivity index (χ4n) is 4.49. The van der Waals surface area contributed by atoms with E-state index in [1.54, 1.807) is 11.0 Å². The Morgan fingerprint density at radius 2 is 1.83 bits per heavy atom. The van der Waals surface area contributed by atoms with E-state index in [0.717, 1.165) is 48.4 Å². The van der Waals surface area contributed by atoms with Gasteiger partial charge in [0.2, 0.25) is 5.91 Å². The first-order valence-electron chi connectivity index (χ1n) is 11.6. The van der Waals surface area contributed by atoms with Crippen molar-refractivity contribution in [2.75, 3.05) is 16.8 Å². The predicted molar refractivity (Wildman–Crippen MR) is 131 cm³/mol. The summed E-state index contributed by atoms with van der Waals surface area (Å²) in [7, 11) is 0. The molecule has 1 atom stereocenters. The number of piperidine rings is 1. The molecule has 1 fully saturated rings. The number of rotatable bonds is 5. The lowest BCUT2D eigenvalue weighted by molar-refractivity contribution is -0.117. The van der Waals surface area contributed by atoms with E-state index in [0.29, 0.717) is 11.6 Å². The van der Waals surface area contributed by atoms with Crippen LogP contribution in [0.25, 0.3) is 22.7 Å². The Balaban J connectivity index is 1.25. The van der Waals surface area contributed by atoms with Crippen LogP contribution in [0.15, 0.2) is 79.6 Å². The van der Waals surface area contributed by atoms with Crippen LogP contribution < -0.4 is 10.2 Å². The number of nitrogens with one attached hydrogen (secondary N) is 1. The van der Waals surface area contributed by atoms with Crippen molar-refractivity contribution in [1.82, 2.24) is 34.3 Å². The maximum absolute atomic E-state index is 13.5. The number of amides is 1. The number of benzene rings is 1. The third kappa shape index (κ3) is 4.10. The van der Waals surface area contributed by atoms with Crippen LogP contribution in [-0.4, -0.2) is 52.8 Å². The second-order valence-electron chi connectivity index (χ2n) is 8.42. The number of fused-ring (bicyclic) bond motifs is 1. The van der Waals surface area contributed by atoms with Gasteiger partial charge in [-0.05, 0) is 49.6 Å². The van der Waals surface area contributed by atoms with Gasteiger partial charge in [-0.1, -0.05) is 24.3 Å². The number of hydrogen-bond acceptors (Lipinski definition) is 7. The minimum Gasteiger partial charge on any atom is -0.343 e. The van der Waals surface area contributed by atoms with Gasteiger partial charge in [-0.3, -0.25) is 4.79 Å². The summed E-state index contributed by atoms with van der Waals surface area (Å²) in [5.41, 5.74) is 3.28. The van der Waals surface area contributed by atoms with Crippen LogP contribution in [0.2, 0.25) is 0 Å². The van der Waals surface area contributed by atoms with E-state index in [2.05, 4.69) is 25.6 Å². The van der Waals surface area contributed by atoms with Gasteiger partial charge in [0.1, 0.15) is 24.3 Å². The van der Waals surface area contributed by atoms with Crippen molar-refractivity contribution in [2.24, 2.45) is 0 Å². The molecule has 10 heteroatoms. The fraction of sp³-hybridized carbons (Fsp3) is 0.200. The van der Waals surface area contributed by atoms with Crippen LogP contribution in [0.1, 0.15) is 19.3 Å². The molecule has 0 spiro atoms. The maximum atomic E-state index is 13.5. The Hall–Kier alpha value is -4.60. The van der Waals surface area contributed by atoms with Gasteiger partial charge in [-0.2, -0.15) is 5.10 Å². The Morgan fingerprint density at radius 1 is 0.971 bits per heavy atom. The lowest BCUT2D eigenvalue weighted by Gasteiger charge is -2.35. The molecule has 4 aromatic heterocycles. The normalized spacial score (nSPS) is 15.9. The van der Waals surface area contributed by atoms with Gasteiger partial charge < -0.3 is 14.6 Å². The number of carbonyl (C=O) groups is 1. The number of nitrogens with zero attached hydrogens (tertiary/aromatic N) is 8. The average molecular weight is 466 g/mol. The first-order valence-corrected chi connectivity index (χ1v) is 11.6. The highest BCUT2D eigenvalue weighted by molar-refractivity contribution is 6.00. The second kappa shape index (κ2) is 8.98. The highest BCUT2D eigenvalue weighted by atomic mass is 16.2. The maximum Gasteiger partial charge on any atom is 0.247 e. The summed E-state index contributed by atoms with van der Waals surface area (Å²) in [6.07, 6.45) is 9.67. The molecule has 0 saturated carbocycles. The van der Waals surface area contributed by atoms with Gasteiger partial charge >= 0.3 is 0 Å². The van der Waals surface area contributed by atoms with Crippen molar-refractivity contribution in [2.45, 2.75) is 25.3 Å². The molecule has 5 heterocycles. The molecule has 1 aliphatic heterocycles. The summed E-state index contributed by atoms with van der Waals surface area (Å²) in [6.45, 7) is 0.740. The highest BCUT2D eigenvalue weighted by Crippen LogP contribution is 2.29. The van der Waals surface area contributed by atoms with Crippen LogP contribution >= 0.6 is 0 Å². The predicted octanol–water partition coefficient (Wildman–Crippen LogP) is 3.37. The molecule has 5 aromatic rings. The molecule has 1 aliphatic rings. The summed E-state index contributed by atoms with van der Waals surface area (Å²) >= 11 is 0. The lowest BCUT2D eigenvalue weighted by Crippen LogP contribution is -2.47. The molecule has 10 nitrogen and oxygen atoms in total. The quantitative estimate of drug-likeness (QED) is 0.424. The first-order chi connectivity index (χ1) is 17.3. The van der Waals surface area contributed by atoms with Gasteiger partial charge in [-0.15, -0.1) is 10.2 Å². The Morgan fingerprint density at radius 3 is 2.66 bits per heavy atom. The SMILES string of the molecule is O=C(Nc1ccccc1-c1cn2ccccc2n1)C1CCCCN1c1ccc(-n2cncn2)nn1. The van der Waals surface area contributed by atoms with Gasteiger partial charge in [0, 0.05) is 24.5 Å². The molecule has 0 aliphatic carbocycles. The monoisotopic (exact) mass is 465 g/mol. The number of imidazole rings is 1. The number of hydrogen-bond donors (Lipinski definition) is 1. The minimum atomic E-state index is -0.343. The van der Waals surface area contributed by atoms with Gasteiger partial charge in [-0.25, -0.2) is 14.6 Å². The van der Waals surface area contributed by atoms with Crippen molar-refractivity contribution in [3.05, 3.63) is 79.6 Å². The lowest BCUT2D eigenvalue weighted by atomic mass is 10.0. The van der Waals surface area contributed by atoms with Crippen molar-refractivity contribution in [3.8, 4) is 17.1 Å². The van der Waals surface area contributed by atoms with Crippen LogP contribution in [-0.2, 0) is 4.79 Å². The molecule has 1 saturated heterocycles. The number of anilines is 2. The van der Waals surface area contributed by atoms with E-state index >= 15 is 0 Å². The average Bonchev–Trinajstić information content (AvgIpc) is 3.60. The third-order valence-corrected chi connectivity index (χ3v) is 6.21. The largest absolute Gasteiger partial charge is 0.343 e. The topological polar surface area (TPSA) is 106 Å². The Bertz CT molecular complexity index is 1430. The van der Waals surface area contributed by atoms with Crippen molar-refractivity contribution >= 4 is 23.1 Å². The van der Waals surface area contributed by atoms with E-state index < -0.39 is 0 Å². The van der Waals surface area contributed by atoms with Crippen LogP contribution in [0.3, 0.4) is 0 Å². The number of pyridine rings is 1. The van der Waals surface area contributed by atoms with E-state index in [1.165, 1.54) is 6.33 Å². The molecule has 0 radical (unpaired) electrons. The van der Waals surface area contributed by atoms with Gasteiger partial charge in [0.25, 0.3) is 0 Å². The summed E-state index contributed by atoms with van der Waals surface area (Å²) in [4.78, 5) is 24.2. The summed E-state index contributed by atoms with van der Waals surface area (Å²) in [5, 5.41) is 15.9. The molecule has 35 heavy (non-hydrogen) atoms. The molecule has 1 unspecified atom stereocenters. The zero-order valence-corrected chi connectivity index (χ0v) is 18.9. The molecule has 1 amide bonds. The molecule has 1 N–H and O–H groups in total. The zero-order valence-electron chi connectivity index (χ0n) is 18.9. The van der Waals surface area contributed by atoms with Gasteiger partial charge in [0.05, 0.1) is 11.4 Å². The molecular weight excluding hydrogens is 442 g/mol. The Kier molecular flexibility index (Phi) is 5.38. The van der Waals surface area contributed by atoms with Crippen LogP contribution in [0.5, 0.6) is 0 Å². The molecule has 6 rings (SSSR count). The first kappa shape index (κ1) is 21.0. The summed E-state index contributed by atoms with van der Waals surface area (Å²) in [5.74, 6) is 1.18. The molecule has 1 aromatic carbocycles. The van der Waals surface area contributed by atoms with E-state index in [-0.39, 0.29) is 11.9 Å². The molecule has 0 bridgehead atoms. The van der Waals surface area contributed by atoms with Crippen molar-refractivity contribution < 1.29 is 4.79 Å². The summed E-state index contributed by atoms with van der Waals surface area (Å²) in [6, 6.07) is 17.0. The van der Waals surface area contributed by atoms with Gasteiger partial charge in [0.15, 0.2) is 11.6 Å². The second-order valence-corrected chi connectivity index (χ2v) is 8.42. The standard InChI is InChI=1S/C25H23N9O/c35-25(29-19-8-2-1-7-18(19)20-15-32-13-5-4-10-22(32)28-20)21-9-3-6-14-33(21)23-11-12-24(31-30-23)34-17-26-16-27-34/h1-2,4-5,7-8,10-13,15-17,21H,3,6,9,14H2,(H,29,35). The van der Waals surface area contributed by atoms with E-state index in [9.17, 15) is 4.79 Å². The van der Waals surface area contributed by atoms with Crippen molar-refractivity contribution in [1.29, 1.82) is 0 Å². The summed E-state index contributed by atoms with van der Waals surface area (Å²) < 4.78 is 3.52. The van der Waals surface area contributed by atoms with E-state index in [1.807, 2.05) is 76.3 Å². The van der Waals surface area contributed by atoms with Crippen LogP contribution in [0, 0.1) is 0 Å².